The van der Waals surface area contributed by atoms with Crippen molar-refractivity contribution >= 4 is 51.3 Å². The molecule has 0 radical (unpaired) electrons. The Morgan fingerprint density at radius 3 is 2.26 bits per heavy atom. The molecule has 0 bridgehead atoms. The summed E-state index contributed by atoms with van der Waals surface area (Å²) in [5.74, 6) is -2.84. The van der Waals surface area contributed by atoms with Crippen LogP contribution in [-0.2, 0) is 38.6 Å². The molecule has 5 rings (SSSR count). The second-order valence-corrected chi connectivity index (χ2v) is 18.1. The quantitative estimate of drug-likeness (QED) is 0.242. The number of para-hydroxylation sites is 2. The third-order valence-corrected chi connectivity index (χ3v) is 11.5. The fourth-order valence-electron chi connectivity index (χ4n) is 6.58. The van der Waals surface area contributed by atoms with E-state index in [0.29, 0.717) is 44.8 Å². The first kappa shape index (κ1) is 39.8. The van der Waals surface area contributed by atoms with Gasteiger partial charge in [0.2, 0.25) is 21.8 Å². The van der Waals surface area contributed by atoms with Crippen LogP contribution in [0.2, 0.25) is 0 Å². The van der Waals surface area contributed by atoms with Crippen LogP contribution in [0.25, 0.3) is 0 Å². The molecular formula is C36H52N6O10S. The van der Waals surface area contributed by atoms with Gasteiger partial charge in [-0.05, 0) is 57.6 Å². The Balaban J connectivity index is 1.38. The summed E-state index contributed by atoms with van der Waals surface area (Å²) in [6.07, 6.45) is -0.317. The number of morpholine rings is 1. The SMILES string of the molecule is C=CC1CC1(NC(=O)[C@@H]1C[C@@H](OC(=O)Nc2ccccc2N2CCOCC2)CN1C(=O)[C@@H](NC(=O)OC(C)(C)C)C(C)(C)C)C(=O)NS(=O)(=O)C1CC1. The van der Waals surface area contributed by atoms with Gasteiger partial charge in [-0.1, -0.05) is 39.0 Å². The predicted molar refractivity (Wildman–Crippen MR) is 195 cm³/mol. The minimum absolute atomic E-state index is 0.102. The Morgan fingerprint density at radius 1 is 1.02 bits per heavy atom. The van der Waals surface area contributed by atoms with Gasteiger partial charge in [-0.3, -0.25) is 24.4 Å². The molecule has 16 nitrogen and oxygen atoms in total. The molecule has 2 unspecified atom stereocenters. The number of carbonyl (C=O) groups is 5. The number of likely N-dealkylation sites (tertiary alicyclic amines) is 1. The Hall–Kier alpha value is -4.38. The number of hydrogen-bond donors (Lipinski definition) is 4. The number of sulfonamides is 1. The Kier molecular flexibility index (Phi) is 11.4. The maximum absolute atomic E-state index is 14.4. The van der Waals surface area contributed by atoms with Crippen LogP contribution in [0.4, 0.5) is 21.0 Å². The summed E-state index contributed by atoms with van der Waals surface area (Å²) in [7, 11) is -3.93. The summed E-state index contributed by atoms with van der Waals surface area (Å²) in [4.78, 5) is 71.5. The van der Waals surface area contributed by atoms with E-state index in [9.17, 15) is 32.4 Å². The van der Waals surface area contributed by atoms with Crippen LogP contribution in [0.1, 0.15) is 67.2 Å². The normalized spacial score (nSPS) is 25.1. The molecule has 5 amide bonds. The van der Waals surface area contributed by atoms with Crippen LogP contribution in [-0.4, -0.2) is 111 Å². The van der Waals surface area contributed by atoms with Crippen molar-refractivity contribution in [1.29, 1.82) is 0 Å². The van der Waals surface area contributed by atoms with E-state index in [1.165, 1.54) is 11.0 Å². The van der Waals surface area contributed by atoms with Crippen LogP contribution in [0, 0.1) is 11.3 Å². The van der Waals surface area contributed by atoms with Crippen molar-refractivity contribution in [2.75, 3.05) is 43.1 Å². The highest BCUT2D eigenvalue weighted by molar-refractivity contribution is 7.91. The zero-order valence-electron chi connectivity index (χ0n) is 31.2. The van der Waals surface area contributed by atoms with Crippen molar-refractivity contribution in [1.82, 2.24) is 20.3 Å². The summed E-state index contributed by atoms with van der Waals surface area (Å²) in [6, 6.07) is 4.80. The van der Waals surface area contributed by atoms with Crippen LogP contribution < -0.4 is 25.6 Å². The minimum atomic E-state index is -3.93. The van der Waals surface area contributed by atoms with E-state index in [1.54, 1.807) is 53.7 Å². The first-order valence-electron chi connectivity index (χ1n) is 17.9. The number of carbonyl (C=O) groups excluding carboxylic acids is 5. The zero-order valence-corrected chi connectivity index (χ0v) is 32.0. The largest absolute Gasteiger partial charge is 0.444 e. The van der Waals surface area contributed by atoms with Gasteiger partial charge in [-0.2, -0.15) is 0 Å². The summed E-state index contributed by atoms with van der Waals surface area (Å²) < 4.78 is 44.1. The van der Waals surface area contributed by atoms with Crippen molar-refractivity contribution in [3.63, 3.8) is 0 Å². The summed E-state index contributed by atoms with van der Waals surface area (Å²) in [6.45, 7) is 16.2. The Morgan fingerprint density at radius 2 is 1.68 bits per heavy atom. The molecule has 1 aromatic carbocycles. The van der Waals surface area contributed by atoms with Gasteiger partial charge < -0.3 is 34.6 Å². The molecule has 4 fully saturated rings. The number of hydrogen-bond acceptors (Lipinski definition) is 11. The van der Waals surface area contributed by atoms with Crippen molar-refractivity contribution < 1.29 is 46.6 Å². The van der Waals surface area contributed by atoms with Crippen molar-refractivity contribution in [2.24, 2.45) is 11.3 Å². The fraction of sp³-hybridized carbons (Fsp3) is 0.639. The third-order valence-electron chi connectivity index (χ3n) is 9.64. The lowest BCUT2D eigenvalue weighted by Crippen LogP contribution is -2.60. The van der Waals surface area contributed by atoms with E-state index in [0.717, 1.165) is 5.69 Å². The number of benzene rings is 1. The van der Waals surface area contributed by atoms with E-state index >= 15 is 0 Å². The number of amides is 5. The van der Waals surface area contributed by atoms with Gasteiger partial charge in [0.1, 0.15) is 29.3 Å². The molecule has 4 aliphatic rings. The molecule has 0 aromatic heterocycles. The highest BCUT2D eigenvalue weighted by Gasteiger charge is 2.62. The van der Waals surface area contributed by atoms with Crippen molar-refractivity contribution in [2.45, 2.75) is 102 Å². The average molecular weight is 761 g/mol. The zero-order chi connectivity index (χ0) is 38.9. The summed E-state index contributed by atoms with van der Waals surface area (Å²) in [5, 5.41) is 7.49. The number of nitrogens with one attached hydrogen (secondary N) is 4. The highest BCUT2D eigenvalue weighted by atomic mass is 32.2. The molecule has 2 aliphatic carbocycles. The predicted octanol–water partition coefficient (Wildman–Crippen LogP) is 2.65. The molecular weight excluding hydrogens is 708 g/mol. The monoisotopic (exact) mass is 760 g/mol. The molecule has 4 N–H and O–H groups in total. The topological polar surface area (TPSA) is 202 Å². The van der Waals surface area contributed by atoms with Crippen LogP contribution in [0.15, 0.2) is 36.9 Å². The molecule has 2 saturated carbocycles. The average Bonchev–Trinajstić information content (AvgIpc) is 3.99. The molecule has 2 heterocycles. The first-order valence-corrected chi connectivity index (χ1v) is 19.5. The van der Waals surface area contributed by atoms with Crippen LogP contribution >= 0.6 is 0 Å². The molecule has 2 aliphatic heterocycles. The van der Waals surface area contributed by atoms with E-state index in [1.807, 2.05) is 12.1 Å². The number of ether oxygens (including phenoxy) is 3. The Bertz CT molecular complexity index is 1710. The van der Waals surface area contributed by atoms with Gasteiger partial charge >= 0.3 is 12.2 Å². The number of alkyl carbamates (subject to hydrolysis) is 1. The van der Waals surface area contributed by atoms with E-state index in [2.05, 4.69) is 32.2 Å². The summed E-state index contributed by atoms with van der Waals surface area (Å²) >= 11 is 0. The van der Waals surface area contributed by atoms with E-state index < -0.39 is 85.8 Å². The van der Waals surface area contributed by atoms with Gasteiger partial charge in [-0.15, -0.1) is 6.58 Å². The van der Waals surface area contributed by atoms with Gasteiger partial charge in [0, 0.05) is 25.4 Å². The molecule has 2 saturated heterocycles. The lowest BCUT2D eigenvalue weighted by atomic mass is 9.85. The second kappa shape index (κ2) is 15.2. The van der Waals surface area contributed by atoms with Crippen LogP contribution in [0.5, 0.6) is 0 Å². The molecule has 0 spiro atoms. The van der Waals surface area contributed by atoms with E-state index in [4.69, 9.17) is 14.2 Å². The van der Waals surface area contributed by atoms with Crippen molar-refractivity contribution in [3.05, 3.63) is 36.9 Å². The minimum Gasteiger partial charge on any atom is -0.444 e. The maximum atomic E-state index is 14.4. The lowest BCUT2D eigenvalue weighted by molar-refractivity contribution is -0.143. The number of nitrogens with zero attached hydrogens (tertiary/aromatic N) is 2. The molecule has 1 aromatic rings. The number of anilines is 2. The van der Waals surface area contributed by atoms with Gasteiger partial charge in [0.25, 0.3) is 5.91 Å². The number of rotatable bonds is 11. The molecule has 17 heteroatoms. The van der Waals surface area contributed by atoms with Gasteiger partial charge in [-0.25, -0.2) is 18.0 Å². The Labute approximate surface area is 310 Å². The van der Waals surface area contributed by atoms with Crippen LogP contribution in [0.3, 0.4) is 0 Å². The maximum Gasteiger partial charge on any atom is 0.412 e. The van der Waals surface area contributed by atoms with Gasteiger partial charge in [0.15, 0.2) is 0 Å². The second-order valence-electron chi connectivity index (χ2n) is 16.1. The smallest absolute Gasteiger partial charge is 0.412 e. The third kappa shape index (κ3) is 9.60. The molecule has 53 heavy (non-hydrogen) atoms. The first-order chi connectivity index (χ1) is 24.7. The van der Waals surface area contributed by atoms with Gasteiger partial charge in [0.05, 0.1) is 36.4 Å². The molecule has 292 valence electrons. The standard InChI is InChI=1S/C36H52N6O10S/c1-8-22-20-36(22,31(45)40-53(48,49)24-13-14-24)39-29(43)27-19-23(21-42(27)30(44)28(34(2,3)4)38-33(47)52-35(5,6)7)51-32(46)37-25-11-9-10-12-26(25)41-15-17-50-18-16-41/h8-12,22-24,27-28H,1,13-21H2,2-7H3,(H,37,46)(H,38,47)(H,39,43)(H,40,45)/t22?,23-,27+,28-,36?/m1/s1. The molecule has 5 atom stereocenters. The van der Waals surface area contributed by atoms with Crippen molar-refractivity contribution in [3.8, 4) is 0 Å². The summed E-state index contributed by atoms with van der Waals surface area (Å²) in [5.41, 5.74) is -2.04. The lowest BCUT2D eigenvalue weighted by Gasteiger charge is -2.36. The van der Waals surface area contributed by atoms with E-state index in [-0.39, 0.29) is 19.4 Å². The highest BCUT2D eigenvalue weighted by Crippen LogP contribution is 2.45. The fourth-order valence-corrected chi connectivity index (χ4v) is 7.95.